The van der Waals surface area contributed by atoms with Gasteiger partial charge in [-0.2, -0.15) is 0 Å². The van der Waals surface area contributed by atoms with E-state index in [-0.39, 0.29) is 0 Å². The Bertz CT molecular complexity index is 850. The standard InChI is InChI=1S/C23H23NO/c1-17-4-6-18(7-5-17)14-22-11-9-20(16-24-22)13-19-8-10-21-3-2-12-25-23(21)15-19/h4-11,15-16H,2-3,12-14H2,1H3. The summed E-state index contributed by atoms with van der Waals surface area (Å²) in [4.78, 5) is 4.65. The first-order chi connectivity index (χ1) is 12.3. The number of nitrogens with zero attached hydrogens (tertiary/aromatic N) is 1. The molecule has 0 spiro atoms. The van der Waals surface area contributed by atoms with Gasteiger partial charge in [0.05, 0.1) is 6.61 Å². The van der Waals surface area contributed by atoms with E-state index in [0.29, 0.717) is 0 Å². The van der Waals surface area contributed by atoms with Crippen LogP contribution >= 0.6 is 0 Å². The highest BCUT2D eigenvalue weighted by atomic mass is 16.5. The molecule has 3 aromatic rings. The highest BCUT2D eigenvalue weighted by molar-refractivity contribution is 5.40. The molecule has 0 radical (unpaired) electrons. The van der Waals surface area contributed by atoms with Crippen molar-refractivity contribution in [3.63, 3.8) is 0 Å². The van der Waals surface area contributed by atoms with E-state index in [0.717, 1.165) is 43.7 Å². The van der Waals surface area contributed by atoms with Crippen LogP contribution in [0.3, 0.4) is 0 Å². The molecule has 0 amide bonds. The molecule has 0 fully saturated rings. The van der Waals surface area contributed by atoms with Crippen molar-refractivity contribution >= 4 is 0 Å². The van der Waals surface area contributed by atoms with Crippen molar-refractivity contribution in [3.05, 3.63) is 94.3 Å². The van der Waals surface area contributed by atoms with Gasteiger partial charge in [-0.3, -0.25) is 4.98 Å². The Morgan fingerprint density at radius 1 is 0.880 bits per heavy atom. The number of fused-ring (bicyclic) bond motifs is 1. The van der Waals surface area contributed by atoms with Crippen LogP contribution in [0.25, 0.3) is 0 Å². The second kappa shape index (κ2) is 7.10. The Morgan fingerprint density at radius 3 is 2.48 bits per heavy atom. The van der Waals surface area contributed by atoms with Crippen LogP contribution in [-0.4, -0.2) is 11.6 Å². The molecule has 0 atom stereocenters. The third-order valence-corrected chi connectivity index (χ3v) is 4.78. The zero-order chi connectivity index (χ0) is 17.1. The number of aryl methyl sites for hydroxylation is 2. The van der Waals surface area contributed by atoms with Crippen molar-refractivity contribution in [2.75, 3.05) is 6.61 Å². The Hall–Kier alpha value is -2.61. The molecule has 25 heavy (non-hydrogen) atoms. The van der Waals surface area contributed by atoms with E-state index in [2.05, 4.69) is 66.5 Å². The van der Waals surface area contributed by atoms with Crippen LogP contribution in [-0.2, 0) is 19.3 Å². The van der Waals surface area contributed by atoms with Gasteiger partial charge in [-0.1, -0.05) is 48.0 Å². The molecular formula is C23H23NO. The number of hydrogen-bond donors (Lipinski definition) is 0. The molecule has 0 saturated carbocycles. The number of aromatic nitrogens is 1. The number of benzene rings is 2. The third kappa shape index (κ3) is 3.90. The lowest BCUT2D eigenvalue weighted by atomic mass is 10.00. The van der Waals surface area contributed by atoms with Gasteiger partial charge >= 0.3 is 0 Å². The van der Waals surface area contributed by atoms with Crippen molar-refractivity contribution in [1.29, 1.82) is 0 Å². The molecule has 2 aromatic carbocycles. The van der Waals surface area contributed by atoms with Gasteiger partial charge in [-0.25, -0.2) is 0 Å². The van der Waals surface area contributed by atoms with Crippen LogP contribution in [0.2, 0.25) is 0 Å². The Balaban J connectivity index is 1.44. The lowest BCUT2D eigenvalue weighted by molar-refractivity contribution is 0.288. The van der Waals surface area contributed by atoms with E-state index in [1.165, 1.54) is 27.8 Å². The van der Waals surface area contributed by atoms with Gasteiger partial charge in [-0.15, -0.1) is 0 Å². The number of pyridine rings is 1. The molecule has 0 unspecified atom stereocenters. The van der Waals surface area contributed by atoms with Crippen molar-refractivity contribution < 1.29 is 4.74 Å². The average Bonchev–Trinajstić information content (AvgIpc) is 2.65. The summed E-state index contributed by atoms with van der Waals surface area (Å²) in [7, 11) is 0. The maximum atomic E-state index is 5.78. The molecule has 0 N–H and O–H groups in total. The van der Waals surface area contributed by atoms with Crippen LogP contribution in [0.5, 0.6) is 5.75 Å². The first kappa shape index (κ1) is 15.9. The van der Waals surface area contributed by atoms with Crippen molar-refractivity contribution in [3.8, 4) is 5.75 Å². The van der Waals surface area contributed by atoms with E-state index in [1.807, 2.05) is 6.20 Å². The van der Waals surface area contributed by atoms with Crippen LogP contribution in [0.1, 0.15) is 39.9 Å². The Morgan fingerprint density at radius 2 is 1.68 bits per heavy atom. The van der Waals surface area contributed by atoms with Gasteiger partial charge < -0.3 is 4.74 Å². The normalized spacial score (nSPS) is 13.2. The number of hydrogen-bond acceptors (Lipinski definition) is 2. The maximum Gasteiger partial charge on any atom is 0.122 e. The van der Waals surface area contributed by atoms with Crippen LogP contribution < -0.4 is 4.74 Å². The van der Waals surface area contributed by atoms with Crippen LogP contribution in [0, 0.1) is 6.92 Å². The molecule has 0 bridgehead atoms. The zero-order valence-corrected chi connectivity index (χ0v) is 14.7. The summed E-state index contributed by atoms with van der Waals surface area (Å²) in [6.07, 6.45) is 6.04. The predicted octanol–water partition coefficient (Wildman–Crippen LogP) is 4.90. The molecule has 0 aliphatic carbocycles. The quantitative estimate of drug-likeness (QED) is 0.679. The largest absolute Gasteiger partial charge is 0.493 e. The summed E-state index contributed by atoms with van der Waals surface area (Å²) in [6.45, 7) is 2.95. The van der Waals surface area contributed by atoms with Gasteiger partial charge in [0.25, 0.3) is 0 Å². The summed E-state index contributed by atoms with van der Waals surface area (Å²) < 4.78 is 5.78. The molecule has 2 heteroatoms. The maximum absolute atomic E-state index is 5.78. The summed E-state index contributed by atoms with van der Waals surface area (Å²) in [5.74, 6) is 1.06. The van der Waals surface area contributed by atoms with E-state index < -0.39 is 0 Å². The second-order valence-corrected chi connectivity index (χ2v) is 6.89. The molecule has 1 aliphatic rings. The Kier molecular flexibility index (Phi) is 4.51. The van der Waals surface area contributed by atoms with E-state index in [4.69, 9.17) is 4.74 Å². The topological polar surface area (TPSA) is 22.1 Å². The number of ether oxygens (including phenoxy) is 1. The van der Waals surface area contributed by atoms with E-state index >= 15 is 0 Å². The zero-order valence-electron chi connectivity index (χ0n) is 14.7. The fourth-order valence-corrected chi connectivity index (χ4v) is 3.31. The lowest BCUT2D eigenvalue weighted by Crippen LogP contribution is -2.08. The minimum Gasteiger partial charge on any atom is -0.493 e. The summed E-state index contributed by atoms with van der Waals surface area (Å²) in [6, 6.07) is 19.6. The highest BCUT2D eigenvalue weighted by Gasteiger charge is 2.10. The lowest BCUT2D eigenvalue weighted by Gasteiger charge is -2.18. The van der Waals surface area contributed by atoms with Crippen molar-refractivity contribution in [2.24, 2.45) is 0 Å². The average molecular weight is 329 g/mol. The minimum atomic E-state index is 0.839. The third-order valence-electron chi connectivity index (χ3n) is 4.78. The fourth-order valence-electron chi connectivity index (χ4n) is 3.31. The summed E-state index contributed by atoms with van der Waals surface area (Å²) >= 11 is 0. The monoisotopic (exact) mass is 329 g/mol. The molecule has 2 nitrogen and oxygen atoms in total. The van der Waals surface area contributed by atoms with Gasteiger partial charge in [0.15, 0.2) is 0 Å². The smallest absolute Gasteiger partial charge is 0.122 e. The van der Waals surface area contributed by atoms with E-state index in [9.17, 15) is 0 Å². The van der Waals surface area contributed by atoms with Crippen molar-refractivity contribution in [1.82, 2.24) is 4.98 Å². The fraction of sp³-hybridized carbons (Fsp3) is 0.261. The molecule has 126 valence electrons. The molecule has 1 aromatic heterocycles. The number of rotatable bonds is 4. The highest BCUT2D eigenvalue weighted by Crippen LogP contribution is 2.26. The first-order valence-electron chi connectivity index (χ1n) is 9.00. The molecule has 2 heterocycles. The molecule has 1 aliphatic heterocycles. The predicted molar refractivity (Wildman–Crippen MR) is 101 cm³/mol. The van der Waals surface area contributed by atoms with Crippen LogP contribution in [0.4, 0.5) is 0 Å². The summed E-state index contributed by atoms with van der Waals surface area (Å²) in [5, 5.41) is 0. The SMILES string of the molecule is Cc1ccc(Cc2ccc(Cc3ccc4c(c3)OCCC4)cn2)cc1. The van der Waals surface area contributed by atoms with Gasteiger partial charge in [0, 0.05) is 18.3 Å². The van der Waals surface area contributed by atoms with E-state index in [1.54, 1.807) is 0 Å². The molecular weight excluding hydrogens is 306 g/mol. The molecule has 0 saturated heterocycles. The van der Waals surface area contributed by atoms with Crippen molar-refractivity contribution in [2.45, 2.75) is 32.6 Å². The summed E-state index contributed by atoms with van der Waals surface area (Å²) in [5.41, 5.74) is 7.57. The van der Waals surface area contributed by atoms with Gasteiger partial charge in [0.2, 0.25) is 0 Å². The van der Waals surface area contributed by atoms with Crippen LogP contribution in [0.15, 0.2) is 60.8 Å². The van der Waals surface area contributed by atoms with Gasteiger partial charge in [-0.05, 0) is 60.6 Å². The second-order valence-electron chi connectivity index (χ2n) is 6.89. The Labute approximate surface area is 149 Å². The molecule has 4 rings (SSSR count). The minimum absolute atomic E-state index is 0.839. The van der Waals surface area contributed by atoms with Gasteiger partial charge in [0.1, 0.15) is 5.75 Å². The first-order valence-corrected chi connectivity index (χ1v) is 9.00.